The number of hydrogen-bond acceptors (Lipinski definition) is 7. The van der Waals surface area contributed by atoms with Crippen molar-refractivity contribution in [3.63, 3.8) is 0 Å². The number of hydroxylamine groups is 2. The summed E-state index contributed by atoms with van der Waals surface area (Å²) in [4.78, 5) is 42.7. The Balaban J connectivity index is 2.44. The molecule has 8 nitrogen and oxygen atoms in total. The van der Waals surface area contributed by atoms with E-state index in [1.807, 2.05) is 0 Å². The van der Waals surface area contributed by atoms with Gasteiger partial charge in [0.2, 0.25) is 0 Å². The predicted octanol–water partition coefficient (Wildman–Crippen LogP) is 2.72. The first-order valence-corrected chi connectivity index (χ1v) is 8.80. The summed E-state index contributed by atoms with van der Waals surface area (Å²) in [5, 5.41) is 0.986. The highest BCUT2D eigenvalue weighted by atomic mass is 16.8. The van der Waals surface area contributed by atoms with Gasteiger partial charge in [-0.3, -0.25) is 0 Å². The maximum atomic E-state index is 12.7. The lowest BCUT2D eigenvalue weighted by Gasteiger charge is -2.33. The molecule has 0 saturated heterocycles. The molecule has 0 aromatic rings. The van der Waals surface area contributed by atoms with Crippen LogP contribution < -0.4 is 0 Å². The quantitative estimate of drug-likeness (QED) is 0.558. The van der Waals surface area contributed by atoms with Crippen molar-refractivity contribution in [2.75, 3.05) is 14.2 Å². The van der Waals surface area contributed by atoms with Crippen LogP contribution in [0.4, 0.5) is 4.79 Å². The average molecular weight is 369 g/mol. The number of amides is 1. The molecule has 1 aliphatic heterocycles. The van der Waals surface area contributed by atoms with Crippen LogP contribution in [0.15, 0.2) is 11.3 Å². The predicted molar refractivity (Wildman–Crippen MR) is 90.6 cm³/mol. The maximum absolute atomic E-state index is 12.7. The van der Waals surface area contributed by atoms with Crippen molar-refractivity contribution < 1.29 is 33.4 Å². The molecule has 146 valence electrons. The Kier molecular flexibility index (Phi) is 6.15. The summed E-state index contributed by atoms with van der Waals surface area (Å²) in [6, 6.07) is -0.744. The molecule has 0 radical (unpaired) electrons. The second-order valence-corrected chi connectivity index (χ2v) is 7.47. The molecule has 1 unspecified atom stereocenters. The number of carbonyl (C=O) groups excluding carboxylic acids is 3. The Morgan fingerprint density at radius 2 is 1.58 bits per heavy atom. The van der Waals surface area contributed by atoms with Crippen molar-refractivity contribution >= 4 is 18.0 Å². The van der Waals surface area contributed by atoms with Crippen LogP contribution in [0.2, 0.25) is 0 Å². The minimum Gasteiger partial charge on any atom is -0.465 e. The normalized spacial score (nSPS) is 21.3. The maximum Gasteiger partial charge on any atom is 0.444 e. The van der Waals surface area contributed by atoms with Gasteiger partial charge >= 0.3 is 18.0 Å². The summed E-state index contributed by atoms with van der Waals surface area (Å²) in [5.74, 6) is -1.90. The molecule has 1 heterocycles. The number of carbonyl (C=O) groups is 3. The SMILES string of the molecule is COC(=O)C1=C(C(=O)OC)C(C2CCCCC2)N(C(=O)OC(C)(C)C)O1. The van der Waals surface area contributed by atoms with E-state index in [4.69, 9.17) is 19.0 Å². The average Bonchev–Trinajstić information content (AvgIpc) is 3.00. The summed E-state index contributed by atoms with van der Waals surface area (Å²) < 4.78 is 15.0. The Labute approximate surface area is 153 Å². The third kappa shape index (κ3) is 4.28. The number of rotatable bonds is 3. The molecule has 1 aliphatic carbocycles. The second-order valence-electron chi connectivity index (χ2n) is 7.47. The lowest BCUT2D eigenvalue weighted by Crippen LogP contribution is -2.45. The van der Waals surface area contributed by atoms with Crippen molar-refractivity contribution in [1.82, 2.24) is 5.06 Å². The van der Waals surface area contributed by atoms with Gasteiger partial charge in [0.1, 0.15) is 17.2 Å². The van der Waals surface area contributed by atoms with Crippen molar-refractivity contribution in [1.29, 1.82) is 0 Å². The zero-order valence-electron chi connectivity index (χ0n) is 16.0. The fourth-order valence-corrected chi connectivity index (χ4v) is 3.35. The Morgan fingerprint density at radius 1 is 1.00 bits per heavy atom. The van der Waals surface area contributed by atoms with Gasteiger partial charge < -0.3 is 19.0 Å². The van der Waals surface area contributed by atoms with Gasteiger partial charge in [-0.25, -0.2) is 14.4 Å². The molecule has 0 N–H and O–H groups in total. The zero-order chi connectivity index (χ0) is 19.5. The van der Waals surface area contributed by atoms with Gasteiger partial charge in [-0.1, -0.05) is 19.3 Å². The monoisotopic (exact) mass is 369 g/mol. The summed E-state index contributed by atoms with van der Waals surface area (Å²) >= 11 is 0. The number of ether oxygens (including phenoxy) is 3. The van der Waals surface area contributed by atoms with Crippen LogP contribution in [-0.4, -0.2) is 49.0 Å². The highest BCUT2D eigenvalue weighted by Crippen LogP contribution is 2.39. The van der Waals surface area contributed by atoms with Crippen LogP contribution in [0.1, 0.15) is 52.9 Å². The topological polar surface area (TPSA) is 91.4 Å². The van der Waals surface area contributed by atoms with Crippen molar-refractivity contribution in [2.45, 2.75) is 64.5 Å². The standard InChI is InChI=1S/C18H27NO7/c1-18(2,3)25-17(22)19-13(11-9-7-6-8-10-11)12(15(20)23-4)14(26-19)16(21)24-5/h11,13H,6-10H2,1-5H3. The Morgan fingerprint density at radius 3 is 2.08 bits per heavy atom. The van der Waals surface area contributed by atoms with Crippen molar-refractivity contribution in [3.05, 3.63) is 11.3 Å². The van der Waals surface area contributed by atoms with Gasteiger partial charge in [0.15, 0.2) is 0 Å². The van der Waals surface area contributed by atoms with Gasteiger partial charge in [-0.2, -0.15) is 0 Å². The first kappa shape index (κ1) is 20.1. The van der Waals surface area contributed by atoms with Crippen LogP contribution in [0.3, 0.4) is 0 Å². The molecular weight excluding hydrogens is 342 g/mol. The summed E-state index contributed by atoms with van der Waals surface area (Å²) in [5.41, 5.74) is -0.742. The molecule has 1 fully saturated rings. The first-order valence-electron chi connectivity index (χ1n) is 8.80. The molecular formula is C18H27NO7. The largest absolute Gasteiger partial charge is 0.465 e. The number of hydrogen-bond donors (Lipinski definition) is 0. The van der Waals surface area contributed by atoms with Crippen molar-refractivity contribution in [3.8, 4) is 0 Å². The lowest BCUT2D eigenvalue weighted by molar-refractivity contribution is -0.155. The fraction of sp³-hybridized carbons (Fsp3) is 0.722. The van der Waals surface area contributed by atoms with Gasteiger partial charge in [0.25, 0.3) is 5.76 Å². The zero-order valence-corrected chi connectivity index (χ0v) is 16.0. The molecule has 1 amide bonds. The van der Waals surface area contributed by atoms with Crippen LogP contribution in [0, 0.1) is 5.92 Å². The highest BCUT2D eigenvalue weighted by Gasteiger charge is 2.50. The molecule has 0 aromatic carbocycles. The molecule has 1 atom stereocenters. The molecule has 2 aliphatic rings. The van der Waals surface area contributed by atoms with E-state index in [2.05, 4.69) is 0 Å². The third-order valence-corrected chi connectivity index (χ3v) is 4.43. The number of methoxy groups -OCH3 is 2. The van der Waals surface area contributed by atoms with Gasteiger partial charge in [-0.05, 0) is 39.5 Å². The smallest absolute Gasteiger partial charge is 0.444 e. The molecule has 2 rings (SSSR count). The number of esters is 2. The van der Waals surface area contributed by atoms with E-state index in [9.17, 15) is 14.4 Å². The summed E-state index contributed by atoms with van der Waals surface area (Å²) in [6.07, 6.45) is 3.91. The van der Waals surface area contributed by atoms with Gasteiger partial charge in [-0.15, -0.1) is 5.06 Å². The minimum atomic E-state index is -0.836. The molecule has 26 heavy (non-hydrogen) atoms. The molecule has 0 spiro atoms. The van der Waals surface area contributed by atoms with E-state index in [1.165, 1.54) is 14.2 Å². The highest BCUT2D eigenvalue weighted by molar-refractivity contribution is 6.01. The van der Waals surface area contributed by atoms with Crippen molar-refractivity contribution in [2.24, 2.45) is 5.92 Å². The van der Waals surface area contributed by atoms with Crippen LogP contribution in [0.25, 0.3) is 0 Å². The fourth-order valence-electron chi connectivity index (χ4n) is 3.35. The lowest BCUT2D eigenvalue weighted by atomic mass is 9.80. The Hall–Kier alpha value is -2.25. The van der Waals surface area contributed by atoms with E-state index in [1.54, 1.807) is 20.8 Å². The second kappa shape index (κ2) is 7.97. The van der Waals surface area contributed by atoms with E-state index >= 15 is 0 Å². The molecule has 1 saturated carbocycles. The first-order chi connectivity index (χ1) is 12.2. The van der Waals surface area contributed by atoms with Crippen LogP contribution >= 0.6 is 0 Å². The number of nitrogens with zero attached hydrogens (tertiary/aromatic N) is 1. The van der Waals surface area contributed by atoms with E-state index in [0.717, 1.165) is 37.2 Å². The summed E-state index contributed by atoms with van der Waals surface area (Å²) in [7, 11) is 2.40. The van der Waals surface area contributed by atoms with E-state index < -0.39 is 29.7 Å². The van der Waals surface area contributed by atoms with E-state index in [-0.39, 0.29) is 17.3 Å². The van der Waals surface area contributed by atoms with Gasteiger partial charge in [0, 0.05) is 0 Å². The molecule has 8 heteroatoms. The van der Waals surface area contributed by atoms with E-state index in [0.29, 0.717) is 0 Å². The molecule has 0 bridgehead atoms. The minimum absolute atomic E-state index is 0.0112. The van der Waals surface area contributed by atoms with Gasteiger partial charge in [0.05, 0.1) is 14.2 Å². The van der Waals surface area contributed by atoms with Crippen LogP contribution in [0.5, 0.6) is 0 Å². The van der Waals surface area contributed by atoms with Crippen LogP contribution in [-0.2, 0) is 28.6 Å². The Bertz CT molecular complexity index is 599. The summed E-state index contributed by atoms with van der Waals surface area (Å²) in [6.45, 7) is 5.19. The molecule has 0 aromatic heterocycles. The third-order valence-electron chi connectivity index (χ3n) is 4.43.